The number of benzene rings is 1. The minimum absolute atomic E-state index is 0.136. The van der Waals surface area contributed by atoms with E-state index in [4.69, 9.17) is 9.47 Å². The highest BCUT2D eigenvalue weighted by atomic mass is 16.5. The molecule has 0 radical (unpaired) electrons. The molecule has 1 amide bonds. The van der Waals surface area contributed by atoms with Gasteiger partial charge in [0.1, 0.15) is 0 Å². The van der Waals surface area contributed by atoms with E-state index in [0.29, 0.717) is 29.6 Å². The Kier molecular flexibility index (Phi) is 7.20. The number of nitrogens with one attached hydrogen (secondary N) is 2. The van der Waals surface area contributed by atoms with E-state index in [-0.39, 0.29) is 5.91 Å². The Labute approximate surface area is 138 Å². The normalized spacial score (nSPS) is 15.7. The molecule has 5 nitrogen and oxygen atoms in total. The molecule has 0 saturated heterocycles. The summed E-state index contributed by atoms with van der Waals surface area (Å²) in [5.41, 5.74) is 0.501. The van der Waals surface area contributed by atoms with Crippen molar-refractivity contribution in [1.29, 1.82) is 0 Å². The fourth-order valence-electron chi connectivity index (χ4n) is 3.10. The van der Waals surface area contributed by atoms with Gasteiger partial charge in [-0.15, -0.1) is 0 Å². The molecule has 0 aliphatic heterocycles. The molecular weight excluding hydrogens is 292 g/mol. The molecule has 23 heavy (non-hydrogen) atoms. The van der Waals surface area contributed by atoms with Gasteiger partial charge in [-0.1, -0.05) is 31.7 Å². The van der Waals surface area contributed by atoms with Crippen LogP contribution in [0.25, 0.3) is 0 Å². The van der Waals surface area contributed by atoms with Gasteiger partial charge in [-0.2, -0.15) is 0 Å². The number of rotatable bonds is 7. The third kappa shape index (κ3) is 5.13. The van der Waals surface area contributed by atoms with Gasteiger partial charge in [-0.3, -0.25) is 4.79 Å². The van der Waals surface area contributed by atoms with Crippen molar-refractivity contribution in [3.05, 3.63) is 23.8 Å². The molecule has 1 aromatic carbocycles. The van der Waals surface area contributed by atoms with Crippen molar-refractivity contribution in [2.45, 2.75) is 44.6 Å². The fourth-order valence-corrected chi connectivity index (χ4v) is 3.10. The topological polar surface area (TPSA) is 59.6 Å². The average molecular weight is 320 g/mol. The summed E-state index contributed by atoms with van der Waals surface area (Å²) in [6.45, 7) is 1.40. The van der Waals surface area contributed by atoms with Crippen molar-refractivity contribution in [2.75, 3.05) is 27.3 Å². The van der Waals surface area contributed by atoms with Gasteiger partial charge < -0.3 is 20.1 Å². The number of amides is 1. The fraction of sp³-hybridized carbons (Fsp3) is 0.611. The van der Waals surface area contributed by atoms with Crippen LogP contribution in [0.3, 0.4) is 0 Å². The van der Waals surface area contributed by atoms with Crippen LogP contribution < -0.4 is 20.1 Å². The van der Waals surface area contributed by atoms with Crippen molar-refractivity contribution in [2.24, 2.45) is 0 Å². The van der Waals surface area contributed by atoms with Crippen molar-refractivity contribution < 1.29 is 14.3 Å². The lowest BCUT2D eigenvalue weighted by Crippen LogP contribution is -2.37. The molecule has 1 saturated carbocycles. The number of para-hydroxylation sites is 1. The second-order valence-electron chi connectivity index (χ2n) is 5.94. The molecule has 1 aromatic rings. The summed E-state index contributed by atoms with van der Waals surface area (Å²) < 4.78 is 10.5. The van der Waals surface area contributed by atoms with Crippen molar-refractivity contribution in [3.63, 3.8) is 0 Å². The van der Waals surface area contributed by atoms with Crippen molar-refractivity contribution >= 4 is 5.91 Å². The Balaban J connectivity index is 1.80. The van der Waals surface area contributed by atoms with Crippen LogP contribution in [0.1, 0.15) is 48.9 Å². The first kappa shape index (κ1) is 17.6. The lowest BCUT2D eigenvalue weighted by Gasteiger charge is -2.17. The van der Waals surface area contributed by atoms with Crippen LogP contribution in [0.2, 0.25) is 0 Å². The third-order valence-electron chi connectivity index (χ3n) is 4.35. The van der Waals surface area contributed by atoms with E-state index in [9.17, 15) is 4.79 Å². The summed E-state index contributed by atoms with van der Waals surface area (Å²) in [5, 5.41) is 6.49. The molecule has 0 atom stereocenters. The Morgan fingerprint density at radius 1 is 1.09 bits per heavy atom. The largest absolute Gasteiger partial charge is 0.493 e. The number of methoxy groups -OCH3 is 2. The molecule has 1 aliphatic rings. The molecule has 1 aliphatic carbocycles. The van der Waals surface area contributed by atoms with Crippen molar-refractivity contribution in [1.82, 2.24) is 10.6 Å². The van der Waals surface area contributed by atoms with E-state index in [1.54, 1.807) is 32.4 Å². The molecule has 0 bridgehead atoms. The highest BCUT2D eigenvalue weighted by molar-refractivity contribution is 5.97. The lowest BCUT2D eigenvalue weighted by molar-refractivity contribution is 0.0950. The highest BCUT2D eigenvalue weighted by Gasteiger charge is 2.16. The molecular formula is C18H28N2O3. The Bertz CT molecular complexity index is 497. The molecule has 2 N–H and O–H groups in total. The van der Waals surface area contributed by atoms with Crippen LogP contribution in [-0.4, -0.2) is 39.3 Å². The van der Waals surface area contributed by atoms with Gasteiger partial charge in [-0.25, -0.2) is 0 Å². The number of carbonyl (C=O) groups excluding carboxylic acids is 1. The number of hydrogen-bond acceptors (Lipinski definition) is 4. The van der Waals surface area contributed by atoms with Gasteiger partial charge in [0.15, 0.2) is 11.5 Å². The summed E-state index contributed by atoms with van der Waals surface area (Å²) in [7, 11) is 3.11. The van der Waals surface area contributed by atoms with Gasteiger partial charge in [-0.05, 0) is 25.0 Å². The van der Waals surface area contributed by atoms with E-state index in [1.165, 1.54) is 38.5 Å². The molecule has 5 heteroatoms. The van der Waals surface area contributed by atoms with Gasteiger partial charge in [0.2, 0.25) is 0 Å². The molecule has 0 spiro atoms. The molecule has 2 rings (SSSR count). The summed E-state index contributed by atoms with van der Waals surface area (Å²) in [5.74, 6) is 0.907. The van der Waals surface area contributed by atoms with Gasteiger partial charge >= 0.3 is 0 Å². The highest BCUT2D eigenvalue weighted by Crippen LogP contribution is 2.30. The number of carbonyl (C=O) groups is 1. The first-order valence-corrected chi connectivity index (χ1v) is 8.49. The minimum Gasteiger partial charge on any atom is -0.493 e. The van der Waals surface area contributed by atoms with Crippen LogP contribution in [0.15, 0.2) is 18.2 Å². The quantitative estimate of drug-likeness (QED) is 0.599. The van der Waals surface area contributed by atoms with E-state index < -0.39 is 0 Å². The lowest BCUT2D eigenvalue weighted by atomic mass is 10.1. The second-order valence-corrected chi connectivity index (χ2v) is 5.94. The Morgan fingerprint density at radius 3 is 2.48 bits per heavy atom. The van der Waals surface area contributed by atoms with E-state index in [2.05, 4.69) is 10.6 Å². The van der Waals surface area contributed by atoms with Crippen LogP contribution in [0, 0.1) is 0 Å². The smallest absolute Gasteiger partial charge is 0.255 e. The second kappa shape index (κ2) is 9.40. The maximum atomic E-state index is 12.3. The Morgan fingerprint density at radius 2 is 1.83 bits per heavy atom. The predicted octanol–water partition coefficient (Wildman–Crippen LogP) is 2.75. The van der Waals surface area contributed by atoms with Crippen molar-refractivity contribution in [3.8, 4) is 11.5 Å². The zero-order valence-corrected chi connectivity index (χ0v) is 14.2. The Hall–Kier alpha value is -1.75. The first-order chi connectivity index (χ1) is 11.3. The van der Waals surface area contributed by atoms with Crippen LogP contribution in [0.5, 0.6) is 11.5 Å². The predicted molar refractivity (Wildman–Crippen MR) is 91.4 cm³/mol. The van der Waals surface area contributed by atoms with Gasteiger partial charge in [0.05, 0.1) is 19.8 Å². The molecule has 0 heterocycles. The monoisotopic (exact) mass is 320 g/mol. The zero-order chi connectivity index (χ0) is 16.5. The van der Waals surface area contributed by atoms with E-state index >= 15 is 0 Å². The maximum absolute atomic E-state index is 12.3. The van der Waals surface area contributed by atoms with Crippen LogP contribution >= 0.6 is 0 Å². The standard InChI is InChI=1S/C18H28N2O3/c1-22-16-11-7-10-15(17(16)23-2)18(21)20-13-12-19-14-8-5-3-4-6-9-14/h7,10-11,14,19H,3-6,8-9,12-13H2,1-2H3,(H,20,21). The number of hydrogen-bond donors (Lipinski definition) is 2. The molecule has 0 aromatic heterocycles. The minimum atomic E-state index is -0.136. The molecule has 0 unspecified atom stereocenters. The zero-order valence-electron chi connectivity index (χ0n) is 14.2. The third-order valence-corrected chi connectivity index (χ3v) is 4.35. The SMILES string of the molecule is COc1cccc(C(=O)NCCNC2CCCCCC2)c1OC. The first-order valence-electron chi connectivity index (χ1n) is 8.49. The summed E-state index contributed by atoms with van der Waals surface area (Å²) in [6, 6.07) is 5.92. The average Bonchev–Trinajstić information content (AvgIpc) is 2.86. The van der Waals surface area contributed by atoms with E-state index in [1.807, 2.05) is 0 Å². The summed E-state index contributed by atoms with van der Waals surface area (Å²) >= 11 is 0. The summed E-state index contributed by atoms with van der Waals surface area (Å²) in [4.78, 5) is 12.3. The van der Waals surface area contributed by atoms with E-state index in [0.717, 1.165) is 6.54 Å². The van der Waals surface area contributed by atoms with Crippen LogP contribution in [0.4, 0.5) is 0 Å². The van der Waals surface area contributed by atoms with Gasteiger partial charge in [0.25, 0.3) is 5.91 Å². The van der Waals surface area contributed by atoms with Gasteiger partial charge in [0, 0.05) is 19.1 Å². The molecule has 128 valence electrons. The molecule has 1 fully saturated rings. The maximum Gasteiger partial charge on any atom is 0.255 e. The summed E-state index contributed by atoms with van der Waals surface area (Å²) in [6.07, 6.45) is 7.82. The number of ether oxygens (including phenoxy) is 2. The van der Waals surface area contributed by atoms with Crippen LogP contribution in [-0.2, 0) is 0 Å².